The fourth-order valence-corrected chi connectivity index (χ4v) is 3.55. The van der Waals surface area contributed by atoms with Gasteiger partial charge in [-0.2, -0.15) is 5.10 Å². The highest BCUT2D eigenvalue weighted by Crippen LogP contribution is 2.29. The molecule has 2 atom stereocenters. The van der Waals surface area contributed by atoms with Crippen LogP contribution in [0.4, 0.5) is 4.39 Å². The summed E-state index contributed by atoms with van der Waals surface area (Å²) >= 11 is 0. The first-order valence-electron chi connectivity index (χ1n) is 10.3. The van der Waals surface area contributed by atoms with Crippen molar-refractivity contribution in [3.05, 3.63) is 90.4 Å². The van der Waals surface area contributed by atoms with Gasteiger partial charge in [-0.15, -0.1) is 0 Å². The average molecular weight is 417 g/mol. The van der Waals surface area contributed by atoms with Gasteiger partial charge >= 0.3 is 0 Å². The van der Waals surface area contributed by atoms with Gasteiger partial charge in [-0.1, -0.05) is 37.3 Å². The first kappa shape index (κ1) is 20.6. The van der Waals surface area contributed by atoms with E-state index in [1.165, 1.54) is 12.1 Å². The Hall–Kier alpha value is -3.67. The SMILES string of the molecule is CCC(=O)N[C@@H](C)[C@H](Oc1ccc2c(cnn2-c2ccc(F)cc2)c1)c1ccccc1. The van der Waals surface area contributed by atoms with E-state index >= 15 is 0 Å². The third-order valence-electron chi connectivity index (χ3n) is 5.17. The van der Waals surface area contributed by atoms with Crippen molar-refractivity contribution in [3.63, 3.8) is 0 Å². The van der Waals surface area contributed by atoms with Gasteiger partial charge in [0.25, 0.3) is 0 Å². The number of benzene rings is 3. The third-order valence-corrected chi connectivity index (χ3v) is 5.17. The van der Waals surface area contributed by atoms with Gasteiger partial charge in [0.05, 0.1) is 23.4 Å². The number of carbonyl (C=O) groups is 1. The maximum Gasteiger partial charge on any atom is 0.220 e. The predicted octanol–water partition coefficient (Wildman–Crippen LogP) is 5.20. The summed E-state index contributed by atoms with van der Waals surface area (Å²) < 4.78 is 21.4. The summed E-state index contributed by atoms with van der Waals surface area (Å²) in [4.78, 5) is 11.9. The van der Waals surface area contributed by atoms with Crippen LogP contribution in [0.15, 0.2) is 79.0 Å². The van der Waals surface area contributed by atoms with Gasteiger partial charge in [0.1, 0.15) is 17.7 Å². The Morgan fingerprint density at radius 1 is 1.10 bits per heavy atom. The number of ether oxygens (including phenoxy) is 1. The highest BCUT2D eigenvalue weighted by atomic mass is 19.1. The lowest BCUT2D eigenvalue weighted by Gasteiger charge is -2.26. The van der Waals surface area contributed by atoms with Gasteiger partial charge in [0, 0.05) is 11.8 Å². The Bertz CT molecular complexity index is 1170. The van der Waals surface area contributed by atoms with Crippen molar-refractivity contribution in [2.24, 2.45) is 0 Å². The number of nitrogens with zero attached hydrogens (tertiary/aromatic N) is 2. The zero-order valence-corrected chi connectivity index (χ0v) is 17.5. The third kappa shape index (κ3) is 4.58. The molecule has 0 unspecified atom stereocenters. The molecule has 0 aliphatic heterocycles. The molecule has 1 aromatic heterocycles. The summed E-state index contributed by atoms with van der Waals surface area (Å²) in [5.41, 5.74) is 2.65. The molecule has 3 aromatic carbocycles. The summed E-state index contributed by atoms with van der Waals surface area (Å²) in [5, 5.41) is 8.35. The highest BCUT2D eigenvalue weighted by Gasteiger charge is 2.23. The van der Waals surface area contributed by atoms with Crippen LogP contribution < -0.4 is 10.1 Å². The van der Waals surface area contributed by atoms with E-state index in [2.05, 4.69) is 10.4 Å². The lowest BCUT2D eigenvalue weighted by Crippen LogP contribution is -2.38. The molecule has 5 nitrogen and oxygen atoms in total. The molecule has 1 N–H and O–H groups in total. The maximum absolute atomic E-state index is 13.3. The second-order valence-corrected chi connectivity index (χ2v) is 7.41. The number of hydrogen-bond donors (Lipinski definition) is 1. The topological polar surface area (TPSA) is 56.1 Å². The Morgan fingerprint density at radius 3 is 2.55 bits per heavy atom. The van der Waals surface area contributed by atoms with Crippen LogP contribution in [0.2, 0.25) is 0 Å². The number of carbonyl (C=O) groups excluding carboxylic acids is 1. The molecule has 6 heteroatoms. The highest BCUT2D eigenvalue weighted by molar-refractivity contribution is 5.81. The molecule has 0 fully saturated rings. The van der Waals surface area contributed by atoms with Crippen LogP contribution in [0.25, 0.3) is 16.6 Å². The van der Waals surface area contributed by atoms with Crippen LogP contribution in [-0.4, -0.2) is 21.7 Å². The summed E-state index contributed by atoms with van der Waals surface area (Å²) in [5.74, 6) is 0.373. The zero-order chi connectivity index (χ0) is 21.8. The first-order chi connectivity index (χ1) is 15.0. The summed E-state index contributed by atoms with van der Waals surface area (Å²) in [7, 11) is 0. The van der Waals surface area contributed by atoms with E-state index < -0.39 is 0 Å². The van der Waals surface area contributed by atoms with Crippen LogP contribution in [-0.2, 0) is 4.79 Å². The molecule has 31 heavy (non-hydrogen) atoms. The molecule has 0 bridgehead atoms. The molecular formula is C25H24FN3O2. The molecule has 158 valence electrons. The summed E-state index contributed by atoms with van der Waals surface area (Å²) in [6.45, 7) is 3.77. The van der Waals surface area contributed by atoms with Crippen LogP contribution in [0.5, 0.6) is 5.75 Å². The van der Waals surface area contributed by atoms with E-state index in [0.717, 1.165) is 22.2 Å². The van der Waals surface area contributed by atoms with Crippen LogP contribution in [0, 0.1) is 5.82 Å². The Labute approximate surface area is 180 Å². The molecular weight excluding hydrogens is 393 g/mol. The number of rotatable bonds is 7. The summed E-state index contributed by atoms with van der Waals surface area (Å²) in [6, 6.07) is 21.6. The van der Waals surface area contributed by atoms with E-state index in [9.17, 15) is 9.18 Å². The largest absolute Gasteiger partial charge is 0.484 e. The number of halogens is 1. The van der Waals surface area contributed by atoms with Crippen molar-refractivity contribution >= 4 is 16.8 Å². The minimum absolute atomic E-state index is 0.0203. The van der Waals surface area contributed by atoms with Crippen molar-refractivity contribution in [2.75, 3.05) is 0 Å². The van der Waals surface area contributed by atoms with Crippen molar-refractivity contribution in [1.29, 1.82) is 0 Å². The van der Waals surface area contributed by atoms with E-state index in [4.69, 9.17) is 4.74 Å². The average Bonchev–Trinajstić information content (AvgIpc) is 3.21. The second-order valence-electron chi connectivity index (χ2n) is 7.41. The van der Waals surface area contributed by atoms with Crippen molar-refractivity contribution < 1.29 is 13.9 Å². The van der Waals surface area contributed by atoms with Gasteiger partial charge < -0.3 is 10.1 Å². The fraction of sp³-hybridized carbons (Fsp3) is 0.200. The number of fused-ring (bicyclic) bond motifs is 1. The predicted molar refractivity (Wildman–Crippen MR) is 119 cm³/mol. The minimum Gasteiger partial charge on any atom is -0.484 e. The number of aromatic nitrogens is 2. The molecule has 0 saturated carbocycles. The molecule has 0 radical (unpaired) electrons. The molecule has 0 spiro atoms. The maximum atomic E-state index is 13.3. The lowest BCUT2D eigenvalue weighted by molar-refractivity contribution is -0.122. The second kappa shape index (κ2) is 9.00. The normalized spacial score (nSPS) is 13.0. The Kier molecular flexibility index (Phi) is 5.98. The van der Waals surface area contributed by atoms with E-state index in [1.54, 1.807) is 23.0 Å². The van der Waals surface area contributed by atoms with Crippen LogP contribution >= 0.6 is 0 Å². The zero-order valence-electron chi connectivity index (χ0n) is 17.5. The quantitative estimate of drug-likeness (QED) is 0.450. The number of amides is 1. The molecule has 1 heterocycles. The van der Waals surface area contributed by atoms with Gasteiger partial charge in [-0.05, 0) is 55.0 Å². The number of nitrogens with one attached hydrogen (secondary N) is 1. The molecule has 0 saturated heterocycles. The van der Waals surface area contributed by atoms with Gasteiger partial charge in [-0.3, -0.25) is 4.79 Å². The van der Waals surface area contributed by atoms with Crippen molar-refractivity contribution in [3.8, 4) is 11.4 Å². The monoisotopic (exact) mass is 417 g/mol. The van der Waals surface area contributed by atoms with Crippen molar-refractivity contribution in [1.82, 2.24) is 15.1 Å². The standard InChI is InChI=1S/C25H24FN3O2/c1-3-24(30)28-17(2)25(18-7-5-4-6-8-18)31-22-13-14-23-19(15-22)16-27-29(23)21-11-9-20(26)10-12-21/h4-17,25H,3H2,1-2H3,(H,28,30)/t17-,25-/m0/s1. The molecule has 0 aliphatic rings. The van der Waals surface area contributed by atoms with E-state index in [1.807, 2.05) is 62.4 Å². The smallest absolute Gasteiger partial charge is 0.220 e. The molecule has 4 rings (SSSR count). The summed E-state index contributed by atoms with van der Waals surface area (Å²) in [6.07, 6.45) is 1.83. The van der Waals surface area contributed by atoms with Crippen molar-refractivity contribution in [2.45, 2.75) is 32.4 Å². The van der Waals surface area contributed by atoms with Gasteiger partial charge in [0.15, 0.2) is 0 Å². The molecule has 0 aliphatic carbocycles. The van der Waals surface area contributed by atoms with E-state index in [0.29, 0.717) is 12.2 Å². The fourth-order valence-electron chi connectivity index (χ4n) is 3.55. The Balaban J connectivity index is 1.63. The molecule has 4 aromatic rings. The first-order valence-corrected chi connectivity index (χ1v) is 10.3. The van der Waals surface area contributed by atoms with E-state index in [-0.39, 0.29) is 23.9 Å². The Morgan fingerprint density at radius 2 is 1.84 bits per heavy atom. The lowest BCUT2D eigenvalue weighted by atomic mass is 10.0. The van der Waals surface area contributed by atoms with Gasteiger partial charge in [0.2, 0.25) is 5.91 Å². The molecule has 1 amide bonds. The number of hydrogen-bond acceptors (Lipinski definition) is 3. The van der Waals surface area contributed by atoms with Gasteiger partial charge in [-0.25, -0.2) is 9.07 Å². The van der Waals surface area contributed by atoms with Crippen LogP contribution in [0.3, 0.4) is 0 Å². The van der Waals surface area contributed by atoms with Crippen LogP contribution in [0.1, 0.15) is 31.9 Å². The minimum atomic E-state index is -0.346.